The molecule has 0 spiro atoms. The number of carbonyl (C=O) groups is 2. The predicted molar refractivity (Wildman–Crippen MR) is 112 cm³/mol. The van der Waals surface area contributed by atoms with Gasteiger partial charge in [-0.05, 0) is 55.8 Å². The van der Waals surface area contributed by atoms with Crippen molar-refractivity contribution in [3.8, 4) is 0 Å². The molecule has 156 valence electrons. The fourth-order valence-corrected chi connectivity index (χ4v) is 3.70. The lowest BCUT2D eigenvalue weighted by atomic mass is 10.1. The molecule has 29 heavy (non-hydrogen) atoms. The predicted octanol–water partition coefficient (Wildman–Crippen LogP) is 2.23. The minimum absolute atomic E-state index is 0.118. The van der Waals surface area contributed by atoms with E-state index in [-0.39, 0.29) is 35.8 Å². The van der Waals surface area contributed by atoms with E-state index >= 15 is 0 Å². The molecule has 1 aliphatic rings. The molecule has 1 fully saturated rings. The quantitative estimate of drug-likeness (QED) is 0.490. The van der Waals surface area contributed by atoms with Gasteiger partial charge in [0.05, 0.1) is 4.90 Å². The van der Waals surface area contributed by atoms with Gasteiger partial charge in [-0.2, -0.15) is 10.6 Å². The Bertz CT molecular complexity index is 862. The van der Waals surface area contributed by atoms with Crippen LogP contribution in [-0.4, -0.2) is 51.3 Å². The van der Waals surface area contributed by atoms with E-state index in [1.165, 1.54) is 6.26 Å². The van der Waals surface area contributed by atoms with Crippen LogP contribution in [0.25, 0.3) is 0 Å². The fourth-order valence-electron chi connectivity index (χ4n) is 3.05. The third-order valence-electron chi connectivity index (χ3n) is 4.71. The number of hydrogen-bond donors (Lipinski definition) is 5. The van der Waals surface area contributed by atoms with Crippen LogP contribution >= 0.6 is 10.6 Å². The normalized spacial score (nSPS) is 15.6. The first-order valence-electron chi connectivity index (χ1n) is 9.42. The summed E-state index contributed by atoms with van der Waals surface area (Å²) in [5, 5.41) is 8.97. The number of hydrogen-bond acceptors (Lipinski definition) is 6. The van der Waals surface area contributed by atoms with E-state index < -0.39 is 10.6 Å². The van der Waals surface area contributed by atoms with Crippen LogP contribution in [0.2, 0.25) is 0 Å². The number of carbonyl (C=O) groups excluding carboxylic acids is 2. The lowest BCUT2D eigenvalue weighted by Crippen LogP contribution is -2.43. The molecule has 2 aromatic rings. The van der Waals surface area contributed by atoms with Crippen molar-refractivity contribution in [1.29, 1.82) is 0 Å². The Morgan fingerprint density at radius 1 is 1.07 bits per heavy atom. The molecule has 1 aliphatic heterocycles. The molecule has 0 aliphatic carbocycles. The van der Waals surface area contributed by atoms with Crippen LogP contribution in [0.1, 0.15) is 39.4 Å². The highest BCUT2D eigenvalue weighted by Gasteiger charge is 2.18. The number of rotatable bonds is 6. The minimum atomic E-state index is -2.76. The lowest BCUT2D eigenvalue weighted by Gasteiger charge is -2.26. The second-order valence-electron chi connectivity index (χ2n) is 7.07. The van der Waals surface area contributed by atoms with Crippen molar-refractivity contribution in [2.45, 2.75) is 30.3 Å². The molecule has 0 bridgehead atoms. The van der Waals surface area contributed by atoms with E-state index in [9.17, 15) is 18.7 Å². The average Bonchev–Trinajstić information content (AvgIpc) is 2.72. The third kappa shape index (κ3) is 6.01. The van der Waals surface area contributed by atoms with Gasteiger partial charge in [-0.3, -0.25) is 18.7 Å². The van der Waals surface area contributed by atoms with Gasteiger partial charge in [0.15, 0.2) is 0 Å². The molecular formula is C20H26N4O4S. The van der Waals surface area contributed by atoms with Crippen molar-refractivity contribution in [3.05, 3.63) is 59.4 Å². The highest BCUT2D eigenvalue weighted by atomic mass is 32.3. The molecule has 0 radical (unpaired) electrons. The summed E-state index contributed by atoms with van der Waals surface area (Å²) in [4.78, 5) is 29.5. The molecule has 0 unspecified atom stereocenters. The zero-order valence-electron chi connectivity index (χ0n) is 16.2. The van der Waals surface area contributed by atoms with Crippen molar-refractivity contribution in [2.24, 2.45) is 0 Å². The average molecular weight is 419 g/mol. The van der Waals surface area contributed by atoms with Crippen LogP contribution in [0.5, 0.6) is 0 Å². The van der Waals surface area contributed by atoms with Crippen molar-refractivity contribution < 1.29 is 18.7 Å². The fraction of sp³-hybridized carbons (Fsp3) is 0.350. The van der Waals surface area contributed by atoms with Gasteiger partial charge in [0, 0.05) is 18.8 Å². The van der Waals surface area contributed by atoms with Gasteiger partial charge >= 0.3 is 0 Å². The molecule has 2 heterocycles. The number of pyridine rings is 1. The minimum Gasteiger partial charge on any atom is -0.348 e. The van der Waals surface area contributed by atoms with Crippen LogP contribution < -0.4 is 16.0 Å². The van der Waals surface area contributed by atoms with Gasteiger partial charge in [-0.15, -0.1) is 0 Å². The van der Waals surface area contributed by atoms with Crippen molar-refractivity contribution in [2.75, 3.05) is 19.3 Å². The summed E-state index contributed by atoms with van der Waals surface area (Å²) in [6.07, 6.45) is 3.11. The maximum absolute atomic E-state index is 12.4. The molecule has 2 amide bonds. The summed E-state index contributed by atoms with van der Waals surface area (Å²) >= 11 is 0. The van der Waals surface area contributed by atoms with Crippen LogP contribution in [0, 0.1) is 0 Å². The SMILES string of the molecule is CS(O)(O)c1ccc(CNC(=O)c2cccc(C(=O)NC3CCNCC3)n2)cc1. The summed E-state index contributed by atoms with van der Waals surface area (Å²) in [6.45, 7) is 2.01. The molecule has 0 saturated carbocycles. The topological polar surface area (TPSA) is 124 Å². The van der Waals surface area contributed by atoms with Gasteiger partial charge < -0.3 is 16.0 Å². The monoisotopic (exact) mass is 418 g/mol. The molecule has 3 rings (SSSR count). The molecule has 1 aromatic carbocycles. The van der Waals surface area contributed by atoms with Crippen LogP contribution in [0.3, 0.4) is 0 Å². The Morgan fingerprint density at radius 3 is 2.31 bits per heavy atom. The van der Waals surface area contributed by atoms with E-state index in [2.05, 4.69) is 20.9 Å². The van der Waals surface area contributed by atoms with Gasteiger partial charge in [-0.1, -0.05) is 18.2 Å². The first-order chi connectivity index (χ1) is 13.8. The lowest BCUT2D eigenvalue weighted by molar-refractivity contribution is 0.0923. The first-order valence-corrected chi connectivity index (χ1v) is 11.4. The summed E-state index contributed by atoms with van der Waals surface area (Å²) in [5.41, 5.74) is 1.20. The summed E-state index contributed by atoms with van der Waals surface area (Å²) in [5.74, 6) is -0.661. The second-order valence-corrected chi connectivity index (χ2v) is 9.20. The number of aromatic nitrogens is 1. The maximum atomic E-state index is 12.4. The number of piperidine rings is 1. The van der Waals surface area contributed by atoms with E-state index in [1.807, 2.05) is 0 Å². The molecule has 1 aromatic heterocycles. The van der Waals surface area contributed by atoms with E-state index in [1.54, 1.807) is 42.5 Å². The molecule has 5 N–H and O–H groups in total. The van der Waals surface area contributed by atoms with Gasteiger partial charge in [0.2, 0.25) is 0 Å². The van der Waals surface area contributed by atoms with E-state index in [0.29, 0.717) is 4.90 Å². The van der Waals surface area contributed by atoms with Crippen molar-refractivity contribution in [3.63, 3.8) is 0 Å². The zero-order chi connectivity index (χ0) is 20.9. The molecule has 8 nitrogen and oxygen atoms in total. The van der Waals surface area contributed by atoms with Crippen LogP contribution in [-0.2, 0) is 6.54 Å². The highest BCUT2D eigenvalue weighted by Crippen LogP contribution is 2.43. The van der Waals surface area contributed by atoms with Crippen LogP contribution in [0.15, 0.2) is 47.4 Å². The Labute approximate surface area is 171 Å². The largest absolute Gasteiger partial charge is 0.348 e. The smallest absolute Gasteiger partial charge is 0.270 e. The third-order valence-corrected chi connectivity index (χ3v) is 5.88. The Balaban J connectivity index is 1.58. The number of nitrogens with one attached hydrogen (secondary N) is 3. The van der Waals surface area contributed by atoms with Crippen LogP contribution in [0.4, 0.5) is 0 Å². The van der Waals surface area contributed by atoms with E-state index in [4.69, 9.17) is 0 Å². The zero-order valence-corrected chi connectivity index (χ0v) is 17.0. The Hall–Kier alpha value is -2.46. The summed E-state index contributed by atoms with van der Waals surface area (Å²) in [7, 11) is -2.76. The molecule has 1 saturated heterocycles. The maximum Gasteiger partial charge on any atom is 0.270 e. The van der Waals surface area contributed by atoms with Gasteiger partial charge in [0.25, 0.3) is 11.8 Å². The van der Waals surface area contributed by atoms with Crippen molar-refractivity contribution in [1.82, 2.24) is 20.9 Å². The number of benzene rings is 1. The standard InChI is InChI=1S/C20H26N4O4S/c1-29(27,28)16-7-5-14(6-8-16)13-22-19(25)17-3-2-4-18(24-17)20(26)23-15-9-11-21-12-10-15/h2-8,15,21,27-28H,9-13H2,1H3,(H,22,25)(H,23,26). The Morgan fingerprint density at radius 2 is 1.69 bits per heavy atom. The second kappa shape index (κ2) is 9.36. The van der Waals surface area contributed by atoms with E-state index in [0.717, 1.165) is 31.5 Å². The highest BCUT2D eigenvalue weighted by molar-refractivity contribution is 8.23. The molecular weight excluding hydrogens is 392 g/mol. The number of nitrogens with zero attached hydrogens (tertiary/aromatic N) is 1. The summed E-state index contributed by atoms with van der Waals surface area (Å²) < 4.78 is 19.3. The van der Waals surface area contributed by atoms with Gasteiger partial charge in [0.1, 0.15) is 11.4 Å². The summed E-state index contributed by atoms with van der Waals surface area (Å²) in [6, 6.07) is 11.6. The molecule has 0 atom stereocenters. The first kappa shape index (κ1) is 21.3. The van der Waals surface area contributed by atoms with Gasteiger partial charge in [-0.25, -0.2) is 4.98 Å². The Kier molecular flexibility index (Phi) is 6.86. The number of amides is 2. The molecule has 9 heteroatoms. The van der Waals surface area contributed by atoms with Crippen molar-refractivity contribution >= 4 is 22.4 Å².